The van der Waals surface area contributed by atoms with Gasteiger partial charge in [0.15, 0.2) is 12.4 Å². The summed E-state index contributed by atoms with van der Waals surface area (Å²) in [5.74, 6) is 0.280. The number of benzene rings is 3. The Labute approximate surface area is 211 Å². The van der Waals surface area contributed by atoms with Gasteiger partial charge in [0.1, 0.15) is 10.5 Å². The molecule has 0 saturated heterocycles. The molecule has 1 N–H and O–H groups in total. The molecule has 0 spiro atoms. The second-order valence-electron chi connectivity index (χ2n) is 7.47. The van der Waals surface area contributed by atoms with Crippen LogP contribution in [0.5, 0.6) is 5.75 Å². The quantitative estimate of drug-likeness (QED) is 0.235. The summed E-state index contributed by atoms with van der Waals surface area (Å²) in [7, 11) is 0. The Morgan fingerprint density at radius 1 is 1.06 bits per heavy atom. The molecule has 33 heavy (non-hydrogen) atoms. The fourth-order valence-corrected chi connectivity index (χ4v) is 5.93. The molecule has 0 bridgehead atoms. The van der Waals surface area contributed by atoms with E-state index in [-0.39, 0.29) is 12.5 Å². The van der Waals surface area contributed by atoms with Gasteiger partial charge in [-0.05, 0) is 76.9 Å². The van der Waals surface area contributed by atoms with Gasteiger partial charge in [-0.15, -0.1) is 11.3 Å². The van der Waals surface area contributed by atoms with Crippen LogP contribution in [0.4, 0.5) is 5.69 Å². The number of aromatic nitrogens is 2. The van der Waals surface area contributed by atoms with E-state index in [0.29, 0.717) is 17.0 Å². The molecule has 8 heteroatoms. The summed E-state index contributed by atoms with van der Waals surface area (Å²) >= 11 is 8.69. The minimum Gasteiger partial charge on any atom is -0.480 e. The zero-order chi connectivity index (χ0) is 22.9. The van der Waals surface area contributed by atoms with Crippen molar-refractivity contribution in [3.05, 3.63) is 81.4 Å². The lowest BCUT2D eigenvalue weighted by Gasteiger charge is -2.12. The maximum Gasteiger partial charge on any atom is 0.262 e. The van der Waals surface area contributed by atoms with Crippen LogP contribution >= 0.6 is 43.2 Å². The number of amides is 1. The van der Waals surface area contributed by atoms with Crippen LogP contribution in [0.1, 0.15) is 5.56 Å². The van der Waals surface area contributed by atoms with Gasteiger partial charge in [-0.1, -0.05) is 28.1 Å². The van der Waals surface area contributed by atoms with Gasteiger partial charge in [-0.3, -0.25) is 9.78 Å². The van der Waals surface area contributed by atoms with Crippen molar-refractivity contribution < 1.29 is 9.53 Å². The third-order valence-electron chi connectivity index (χ3n) is 5.06. The van der Waals surface area contributed by atoms with Gasteiger partial charge in [-0.25, -0.2) is 4.98 Å². The normalized spacial score (nSPS) is 11.1. The molecule has 2 heterocycles. The van der Waals surface area contributed by atoms with Crippen molar-refractivity contribution in [1.82, 2.24) is 9.97 Å². The van der Waals surface area contributed by atoms with Gasteiger partial charge in [-0.2, -0.15) is 0 Å². The van der Waals surface area contributed by atoms with Gasteiger partial charge in [0.2, 0.25) is 0 Å². The fraction of sp³-hybridized carbons (Fsp3) is 0.0800. The Morgan fingerprint density at radius 3 is 2.70 bits per heavy atom. The highest BCUT2D eigenvalue weighted by molar-refractivity contribution is 9.11. The van der Waals surface area contributed by atoms with Gasteiger partial charge in [0, 0.05) is 27.3 Å². The molecule has 5 rings (SSSR count). The highest BCUT2D eigenvalue weighted by Gasteiger charge is 2.14. The summed E-state index contributed by atoms with van der Waals surface area (Å²) in [6.45, 7) is 1.94. The number of nitrogens with one attached hydrogen (secondary N) is 1. The van der Waals surface area contributed by atoms with E-state index in [0.717, 1.165) is 30.4 Å². The van der Waals surface area contributed by atoms with E-state index in [9.17, 15) is 4.79 Å². The van der Waals surface area contributed by atoms with Crippen LogP contribution in [0, 0.1) is 6.92 Å². The molecular weight excluding hydrogens is 566 g/mol. The predicted molar refractivity (Wildman–Crippen MR) is 141 cm³/mol. The number of hydrogen-bond acceptors (Lipinski definition) is 5. The first-order chi connectivity index (χ1) is 16.0. The van der Waals surface area contributed by atoms with Crippen LogP contribution in [0.2, 0.25) is 0 Å². The Kier molecular flexibility index (Phi) is 6.14. The van der Waals surface area contributed by atoms with Crippen LogP contribution in [0.15, 0.2) is 75.8 Å². The van der Waals surface area contributed by atoms with Crippen LogP contribution in [-0.4, -0.2) is 22.5 Å². The number of halogens is 2. The molecule has 2 aromatic heterocycles. The first-order valence-corrected chi connectivity index (χ1v) is 12.5. The lowest BCUT2D eigenvalue weighted by molar-refractivity contribution is -0.118. The van der Waals surface area contributed by atoms with Crippen LogP contribution in [-0.2, 0) is 4.79 Å². The number of pyridine rings is 1. The summed E-state index contributed by atoms with van der Waals surface area (Å²) in [6, 6.07) is 19.6. The smallest absolute Gasteiger partial charge is 0.262 e. The summed E-state index contributed by atoms with van der Waals surface area (Å²) in [5.41, 5.74) is 4.61. The van der Waals surface area contributed by atoms with Crippen molar-refractivity contribution in [2.24, 2.45) is 0 Å². The summed E-state index contributed by atoms with van der Waals surface area (Å²) in [4.78, 5) is 21.6. The minimum atomic E-state index is -0.253. The lowest BCUT2D eigenvalue weighted by Crippen LogP contribution is -2.20. The van der Waals surface area contributed by atoms with Crippen molar-refractivity contribution in [3.8, 4) is 16.3 Å². The molecular formula is C25H17Br2N3O2S. The maximum atomic E-state index is 12.5. The van der Waals surface area contributed by atoms with Gasteiger partial charge < -0.3 is 10.1 Å². The molecule has 0 atom stereocenters. The summed E-state index contributed by atoms with van der Waals surface area (Å²) < 4.78 is 8.62. The molecule has 1 amide bonds. The first kappa shape index (κ1) is 22.0. The molecule has 0 aliphatic rings. The molecule has 0 saturated carbocycles. The Bertz CT molecular complexity index is 1500. The van der Waals surface area contributed by atoms with E-state index in [1.54, 1.807) is 17.5 Å². The average Bonchev–Trinajstić information content (AvgIpc) is 3.22. The third-order valence-corrected chi connectivity index (χ3v) is 7.37. The molecule has 164 valence electrons. The Hall–Kier alpha value is -2.81. The minimum absolute atomic E-state index is 0.134. The molecule has 0 aliphatic heterocycles. The first-order valence-electron chi connectivity index (χ1n) is 10.1. The zero-order valence-electron chi connectivity index (χ0n) is 17.4. The molecule has 0 radical (unpaired) electrons. The van der Waals surface area contributed by atoms with E-state index in [4.69, 9.17) is 9.72 Å². The van der Waals surface area contributed by atoms with Crippen LogP contribution < -0.4 is 10.1 Å². The van der Waals surface area contributed by atoms with Crippen molar-refractivity contribution in [2.45, 2.75) is 6.92 Å². The molecule has 5 nitrogen and oxygen atoms in total. The highest BCUT2D eigenvalue weighted by atomic mass is 79.9. The lowest BCUT2D eigenvalue weighted by atomic mass is 10.2. The highest BCUT2D eigenvalue weighted by Crippen LogP contribution is 2.37. The fourth-order valence-electron chi connectivity index (χ4n) is 3.47. The number of ether oxygens (including phenoxy) is 1. The summed E-state index contributed by atoms with van der Waals surface area (Å²) in [6.07, 6.45) is 1.70. The number of nitrogens with zero attached hydrogens (tertiary/aromatic N) is 2. The van der Waals surface area contributed by atoms with Crippen LogP contribution in [0.3, 0.4) is 0 Å². The van der Waals surface area contributed by atoms with Crippen LogP contribution in [0.25, 0.3) is 31.7 Å². The van der Waals surface area contributed by atoms with Gasteiger partial charge in [0.05, 0.1) is 14.7 Å². The molecule has 5 aromatic rings. The van der Waals surface area contributed by atoms with Gasteiger partial charge in [0.25, 0.3) is 5.91 Å². The average molecular weight is 583 g/mol. The standard InChI is InChI=1S/C25H17Br2N3O2S/c1-14-4-9-20-21(11-14)33-25(30-20)15-5-7-16(8-6-15)29-22(31)13-32-24-19(27)12-18(26)17-3-2-10-28-23(17)24/h2-12H,13H2,1H3,(H,29,31). The zero-order valence-corrected chi connectivity index (χ0v) is 21.4. The molecule has 0 unspecified atom stereocenters. The number of anilines is 1. The number of aryl methyl sites for hydroxylation is 1. The third kappa shape index (κ3) is 4.64. The Balaban J connectivity index is 1.27. The van der Waals surface area contributed by atoms with Crippen molar-refractivity contribution >= 4 is 75.9 Å². The number of thiazole rings is 1. The number of carbonyl (C=O) groups is 1. The second kappa shape index (κ2) is 9.21. The largest absolute Gasteiger partial charge is 0.480 e. The molecule has 3 aromatic carbocycles. The van der Waals surface area contributed by atoms with E-state index >= 15 is 0 Å². The number of fused-ring (bicyclic) bond motifs is 2. The van der Waals surface area contributed by atoms with Gasteiger partial charge >= 0.3 is 0 Å². The number of carbonyl (C=O) groups excluding carboxylic acids is 1. The Morgan fingerprint density at radius 2 is 1.88 bits per heavy atom. The summed E-state index contributed by atoms with van der Waals surface area (Å²) in [5, 5.41) is 4.75. The molecule has 0 aliphatic carbocycles. The van der Waals surface area contributed by atoms with E-state index in [1.165, 1.54) is 10.3 Å². The predicted octanol–water partition coefficient (Wildman–Crippen LogP) is 7.36. The monoisotopic (exact) mass is 581 g/mol. The van der Waals surface area contributed by atoms with E-state index in [1.807, 2.05) is 48.5 Å². The SMILES string of the molecule is Cc1ccc2nc(-c3ccc(NC(=O)COc4c(Br)cc(Br)c5cccnc45)cc3)sc2c1. The van der Waals surface area contributed by atoms with Crippen molar-refractivity contribution in [3.63, 3.8) is 0 Å². The van der Waals surface area contributed by atoms with E-state index in [2.05, 4.69) is 61.2 Å². The number of rotatable bonds is 5. The van der Waals surface area contributed by atoms with Crippen molar-refractivity contribution in [1.29, 1.82) is 0 Å². The van der Waals surface area contributed by atoms with E-state index < -0.39 is 0 Å². The number of hydrogen-bond donors (Lipinski definition) is 1. The molecule has 0 fully saturated rings. The topological polar surface area (TPSA) is 64.1 Å². The maximum absolute atomic E-state index is 12.5. The second-order valence-corrected chi connectivity index (χ2v) is 10.2. The van der Waals surface area contributed by atoms with Crippen molar-refractivity contribution in [2.75, 3.05) is 11.9 Å².